The molecule has 1 aromatic carbocycles. The summed E-state index contributed by atoms with van der Waals surface area (Å²) in [6.07, 6.45) is 3.75. The molecule has 3 rings (SSSR count). The van der Waals surface area contributed by atoms with Gasteiger partial charge in [0.2, 0.25) is 0 Å². The van der Waals surface area contributed by atoms with Crippen LogP contribution in [0.4, 0.5) is 0 Å². The average Bonchev–Trinajstić information content (AvgIpc) is 3.34. The number of nitrogens with one attached hydrogen (secondary N) is 2. The second kappa shape index (κ2) is 7.84. The summed E-state index contributed by atoms with van der Waals surface area (Å²) in [5, 5.41) is 0. The highest BCUT2D eigenvalue weighted by Crippen LogP contribution is 2.42. The Hall–Kier alpha value is -3.15. The Kier molecular flexibility index (Phi) is 5.49. The second-order valence-corrected chi connectivity index (χ2v) is 7.48. The molecule has 0 radical (unpaired) electrons. The van der Waals surface area contributed by atoms with Gasteiger partial charge in [-0.3, -0.25) is 0 Å². The Morgan fingerprint density at radius 1 is 0.929 bits per heavy atom. The van der Waals surface area contributed by atoms with E-state index >= 15 is 0 Å². The Morgan fingerprint density at radius 2 is 1.43 bits per heavy atom. The SMILES string of the molecule is COc1cc(C(=O)OC(C)(C)C)cc(OC)c1C(c1ccc[nH]1)c1ccc[nH]1. The summed E-state index contributed by atoms with van der Waals surface area (Å²) in [6.45, 7) is 5.50. The minimum Gasteiger partial charge on any atom is -0.496 e. The van der Waals surface area contributed by atoms with Gasteiger partial charge in [-0.1, -0.05) is 0 Å². The first-order chi connectivity index (χ1) is 13.3. The fraction of sp³-hybridized carbons (Fsp3) is 0.318. The van der Waals surface area contributed by atoms with Crippen molar-refractivity contribution in [2.75, 3.05) is 14.2 Å². The van der Waals surface area contributed by atoms with Gasteiger partial charge in [0.1, 0.15) is 17.1 Å². The number of hydrogen-bond acceptors (Lipinski definition) is 4. The maximum atomic E-state index is 12.6. The Balaban J connectivity index is 2.15. The fourth-order valence-corrected chi connectivity index (χ4v) is 3.20. The van der Waals surface area contributed by atoms with Crippen LogP contribution in [0.5, 0.6) is 11.5 Å². The monoisotopic (exact) mass is 382 g/mol. The quantitative estimate of drug-likeness (QED) is 0.616. The molecule has 0 saturated carbocycles. The van der Waals surface area contributed by atoms with E-state index in [9.17, 15) is 4.79 Å². The molecule has 148 valence electrons. The molecule has 0 aliphatic heterocycles. The number of carbonyl (C=O) groups is 1. The van der Waals surface area contributed by atoms with E-state index in [0.717, 1.165) is 17.0 Å². The van der Waals surface area contributed by atoms with Crippen LogP contribution in [0.3, 0.4) is 0 Å². The first-order valence-corrected chi connectivity index (χ1v) is 9.10. The summed E-state index contributed by atoms with van der Waals surface area (Å²) >= 11 is 0. The normalized spacial score (nSPS) is 11.5. The zero-order valence-electron chi connectivity index (χ0n) is 16.8. The lowest BCUT2D eigenvalue weighted by Crippen LogP contribution is -2.24. The zero-order chi connectivity index (χ0) is 20.3. The molecule has 0 bridgehead atoms. The third-order valence-corrected chi connectivity index (χ3v) is 4.33. The summed E-state index contributed by atoms with van der Waals surface area (Å²) in [6, 6.07) is 11.3. The first kappa shape index (κ1) is 19.6. The molecule has 0 aliphatic rings. The van der Waals surface area contributed by atoms with E-state index in [0.29, 0.717) is 17.1 Å². The highest BCUT2D eigenvalue weighted by molar-refractivity contribution is 5.91. The Bertz CT molecular complexity index is 863. The molecule has 0 aliphatic carbocycles. The van der Waals surface area contributed by atoms with Crippen molar-refractivity contribution in [3.63, 3.8) is 0 Å². The predicted molar refractivity (Wildman–Crippen MR) is 107 cm³/mol. The van der Waals surface area contributed by atoms with Crippen molar-refractivity contribution < 1.29 is 19.0 Å². The van der Waals surface area contributed by atoms with E-state index in [1.807, 2.05) is 57.4 Å². The van der Waals surface area contributed by atoms with Gasteiger partial charge in [-0.05, 0) is 57.2 Å². The lowest BCUT2D eigenvalue weighted by Gasteiger charge is -2.23. The third kappa shape index (κ3) is 4.06. The molecule has 6 nitrogen and oxygen atoms in total. The zero-order valence-corrected chi connectivity index (χ0v) is 16.8. The van der Waals surface area contributed by atoms with Crippen LogP contribution in [0, 0.1) is 0 Å². The van der Waals surface area contributed by atoms with Crippen LogP contribution < -0.4 is 9.47 Å². The van der Waals surface area contributed by atoms with Gasteiger partial charge in [0.15, 0.2) is 0 Å². The molecular weight excluding hydrogens is 356 g/mol. The van der Waals surface area contributed by atoms with Crippen LogP contribution in [0.1, 0.15) is 54.0 Å². The second-order valence-electron chi connectivity index (χ2n) is 7.48. The van der Waals surface area contributed by atoms with Crippen molar-refractivity contribution in [2.45, 2.75) is 32.3 Å². The number of methoxy groups -OCH3 is 2. The van der Waals surface area contributed by atoms with Crippen molar-refractivity contribution in [1.29, 1.82) is 0 Å². The van der Waals surface area contributed by atoms with E-state index in [4.69, 9.17) is 14.2 Å². The van der Waals surface area contributed by atoms with E-state index in [1.165, 1.54) is 0 Å². The van der Waals surface area contributed by atoms with Crippen LogP contribution in [-0.4, -0.2) is 35.8 Å². The van der Waals surface area contributed by atoms with E-state index < -0.39 is 11.6 Å². The van der Waals surface area contributed by atoms with Crippen LogP contribution in [-0.2, 0) is 4.74 Å². The molecule has 0 saturated heterocycles. The number of benzene rings is 1. The van der Waals surface area contributed by atoms with E-state index in [-0.39, 0.29) is 5.92 Å². The van der Waals surface area contributed by atoms with Gasteiger partial charge >= 0.3 is 5.97 Å². The molecule has 0 fully saturated rings. The van der Waals surface area contributed by atoms with Gasteiger partial charge in [0.05, 0.1) is 31.3 Å². The number of rotatable bonds is 6. The number of hydrogen-bond donors (Lipinski definition) is 2. The smallest absolute Gasteiger partial charge is 0.338 e. The van der Waals surface area contributed by atoms with Crippen LogP contribution in [0.15, 0.2) is 48.8 Å². The van der Waals surface area contributed by atoms with Crippen molar-refractivity contribution >= 4 is 5.97 Å². The average molecular weight is 382 g/mol. The molecule has 0 atom stereocenters. The van der Waals surface area contributed by atoms with E-state index in [2.05, 4.69) is 9.97 Å². The minimum atomic E-state index is -0.590. The molecule has 0 amide bonds. The fourth-order valence-electron chi connectivity index (χ4n) is 3.20. The topological polar surface area (TPSA) is 76.3 Å². The maximum absolute atomic E-state index is 12.6. The molecule has 2 N–H and O–H groups in total. The van der Waals surface area contributed by atoms with Crippen molar-refractivity contribution in [3.05, 3.63) is 71.3 Å². The summed E-state index contributed by atoms with van der Waals surface area (Å²) in [4.78, 5) is 19.1. The molecule has 0 unspecified atom stereocenters. The van der Waals surface area contributed by atoms with Gasteiger partial charge in [-0.15, -0.1) is 0 Å². The standard InChI is InChI=1S/C22H26N2O4/c1-22(2,3)28-21(25)14-12-17(26-4)20(18(13-14)27-5)19(15-8-6-10-23-15)16-9-7-11-24-16/h6-13,19,23-24H,1-5H3. The number of carbonyl (C=O) groups excluding carboxylic acids is 1. The highest BCUT2D eigenvalue weighted by atomic mass is 16.6. The van der Waals surface area contributed by atoms with Crippen molar-refractivity contribution in [2.24, 2.45) is 0 Å². The first-order valence-electron chi connectivity index (χ1n) is 9.10. The van der Waals surface area contributed by atoms with Gasteiger partial charge in [-0.25, -0.2) is 4.79 Å². The third-order valence-electron chi connectivity index (χ3n) is 4.33. The Labute approximate surface area is 164 Å². The van der Waals surface area contributed by atoms with Gasteiger partial charge in [0, 0.05) is 23.8 Å². The maximum Gasteiger partial charge on any atom is 0.338 e. The lowest BCUT2D eigenvalue weighted by atomic mass is 9.90. The van der Waals surface area contributed by atoms with Gasteiger partial charge < -0.3 is 24.2 Å². The summed E-state index contributed by atoms with van der Waals surface area (Å²) in [5.41, 5.74) is 2.56. The van der Waals surface area contributed by atoms with Crippen LogP contribution in [0.25, 0.3) is 0 Å². The minimum absolute atomic E-state index is 0.178. The molecule has 2 aromatic heterocycles. The molecule has 28 heavy (non-hydrogen) atoms. The van der Waals surface area contributed by atoms with Crippen molar-refractivity contribution in [3.8, 4) is 11.5 Å². The van der Waals surface area contributed by atoms with Crippen LogP contribution >= 0.6 is 0 Å². The largest absolute Gasteiger partial charge is 0.496 e. The molecular formula is C22H26N2O4. The number of aromatic nitrogens is 2. The highest BCUT2D eigenvalue weighted by Gasteiger charge is 2.29. The van der Waals surface area contributed by atoms with Crippen molar-refractivity contribution in [1.82, 2.24) is 9.97 Å². The predicted octanol–water partition coefficient (Wildman–Crippen LogP) is 4.50. The molecule has 0 spiro atoms. The molecule has 3 aromatic rings. The summed E-state index contributed by atoms with van der Waals surface area (Å²) < 4.78 is 16.8. The Morgan fingerprint density at radius 3 is 1.79 bits per heavy atom. The summed E-state index contributed by atoms with van der Waals surface area (Å²) in [7, 11) is 3.16. The molecule has 2 heterocycles. The molecule has 6 heteroatoms. The summed E-state index contributed by atoms with van der Waals surface area (Å²) in [5.74, 6) is 0.498. The van der Waals surface area contributed by atoms with Gasteiger partial charge in [0.25, 0.3) is 0 Å². The van der Waals surface area contributed by atoms with Gasteiger partial charge in [-0.2, -0.15) is 0 Å². The number of esters is 1. The number of ether oxygens (including phenoxy) is 3. The number of H-pyrrole nitrogens is 2. The lowest BCUT2D eigenvalue weighted by molar-refractivity contribution is 0.00688. The van der Waals surface area contributed by atoms with E-state index in [1.54, 1.807) is 26.4 Å². The van der Waals surface area contributed by atoms with Crippen LogP contribution in [0.2, 0.25) is 0 Å². The number of aromatic amines is 2.